The number of hydrogen-bond donors (Lipinski definition) is 1. The lowest BCUT2D eigenvalue weighted by Crippen LogP contribution is -2.31. The Labute approximate surface area is 210 Å². The number of methoxy groups -OCH3 is 1. The van der Waals surface area contributed by atoms with E-state index in [-0.39, 0.29) is 24.6 Å². The monoisotopic (exact) mass is 509 g/mol. The molecule has 0 saturated heterocycles. The molecule has 36 heavy (non-hydrogen) atoms. The maximum Gasteiger partial charge on any atom is 0.333 e. The van der Waals surface area contributed by atoms with E-state index in [4.69, 9.17) is 8.92 Å². The maximum absolute atomic E-state index is 13.3. The lowest BCUT2D eigenvalue weighted by atomic mass is 10.1. The second-order valence-corrected chi connectivity index (χ2v) is 9.55. The Morgan fingerprint density at radius 1 is 0.972 bits per heavy atom. The van der Waals surface area contributed by atoms with Crippen molar-refractivity contribution in [2.45, 2.75) is 12.5 Å². The molecule has 0 aliphatic rings. The predicted octanol–water partition coefficient (Wildman–Crippen LogP) is 4.03. The minimum absolute atomic E-state index is 0.190. The summed E-state index contributed by atoms with van der Waals surface area (Å²) in [5, 5.41) is 9.21. The molecule has 3 rings (SSSR count). The van der Waals surface area contributed by atoms with Gasteiger partial charge in [-0.1, -0.05) is 54.6 Å². The van der Waals surface area contributed by atoms with Gasteiger partial charge in [-0.3, -0.25) is 4.79 Å². The number of amides is 1. The van der Waals surface area contributed by atoms with Crippen molar-refractivity contribution in [3.05, 3.63) is 102 Å². The number of anilines is 1. The Morgan fingerprint density at radius 3 is 2.17 bits per heavy atom. The molecule has 9 heteroatoms. The van der Waals surface area contributed by atoms with Gasteiger partial charge in [0.25, 0.3) is 5.91 Å². The number of carbonyl (C=O) groups excluding carboxylic acids is 1. The zero-order valence-electron chi connectivity index (χ0n) is 19.9. The lowest BCUT2D eigenvalue weighted by molar-refractivity contribution is -0.148. The number of aliphatic carboxylic acids is 1. The number of nitrogens with zero attached hydrogens (tertiary/aromatic N) is 1. The number of carbonyl (C=O) groups is 2. The van der Waals surface area contributed by atoms with Gasteiger partial charge >= 0.3 is 16.1 Å². The maximum atomic E-state index is 13.3. The summed E-state index contributed by atoms with van der Waals surface area (Å²) in [5.74, 6) is -1.01. The largest absolute Gasteiger partial charge is 0.479 e. The van der Waals surface area contributed by atoms with Gasteiger partial charge in [0.15, 0.2) is 6.10 Å². The third-order valence-electron chi connectivity index (χ3n) is 5.22. The summed E-state index contributed by atoms with van der Waals surface area (Å²) in [5.41, 5.74) is 2.76. The van der Waals surface area contributed by atoms with Crippen LogP contribution in [0.3, 0.4) is 0 Å². The summed E-state index contributed by atoms with van der Waals surface area (Å²) in [7, 11) is -2.25. The first kappa shape index (κ1) is 26.7. The topological polar surface area (TPSA) is 110 Å². The SMILES string of the molecule is CO[C@@H](Cc1ccc(N(C/C=C/c2ccc(OS(C)(=O)=O)cc2)C(=O)c2ccccc2)cc1)C(=O)O. The van der Waals surface area contributed by atoms with Gasteiger partial charge in [-0.25, -0.2) is 4.79 Å². The highest BCUT2D eigenvalue weighted by Gasteiger charge is 2.19. The predicted molar refractivity (Wildman–Crippen MR) is 138 cm³/mol. The van der Waals surface area contributed by atoms with Crippen LogP contribution >= 0.6 is 0 Å². The van der Waals surface area contributed by atoms with E-state index in [2.05, 4.69) is 0 Å². The minimum Gasteiger partial charge on any atom is -0.479 e. The zero-order chi connectivity index (χ0) is 26.1. The van der Waals surface area contributed by atoms with Crippen molar-refractivity contribution in [3.63, 3.8) is 0 Å². The summed E-state index contributed by atoms with van der Waals surface area (Å²) in [4.78, 5) is 26.1. The van der Waals surface area contributed by atoms with Gasteiger partial charge in [-0.2, -0.15) is 8.42 Å². The highest BCUT2D eigenvalue weighted by atomic mass is 32.2. The highest BCUT2D eigenvalue weighted by Crippen LogP contribution is 2.20. The lowest BCUT2D eigenvalue weighted by Gasteiger charge is -2.22. The molecule has 1 atom stereocenters. The Bertz CT molecular complexity index is 1300. The molecule has 8 nitrogen and oxygen atoms in total. The van der Waals surface area contributed by atoms with Crippen LogP contribution in [0, 0.1) is 0 Å². The summed E-state index contributed by atoms with van der Waals surface area (Å²) >= 11 is 0. The normalized spacial score (nSPS) is 12.3. The van der Waals surface area contributed by atoms with E-state index in [1.54, 1.807) is 77.7 Å². The molecule has 1 amide bonds. The third-order valence-corrected chi connectivity index (χ3v) is 5.72. The van der Waals surface area contributed by atoms with E-state index in [0.717, 1.165) is 17.4 Å². The Hall–Kier alpha value is -3.95. The molecule has 0 heterocycles. The Balaban J connectivity index is 1.79. The second-order valence-electron chi connectivity index (χ2n) is 7.97. The summed E-state index contributed by atoms with van der Waals surface area (Å²) in [6.07, 6.45) is 3.88. The molecule has 0 saturated carbocycles. The molecular formula is C27H27NO7S. The summed E-state index contributed by atoms with van der Waals surface area (Å²) < 4.78 is 32.4. The van der Waals surface area contributed by atoms with Crippen molar-refractivity contribution in [3.8, 4) is 5.75 Å². The standard InChI is InChI=1S/C27H27NO7S/c1-34-25(27(30)31)19-21-10-14-23(15-11-21)28(26(29)22-8-4-3-5-9-22)18-6-7-20-12-16-24(17-13-20)35-36(2,32)33/h3-17,25H,18-19H2,1-2H3,(H,30,31)/b7-6+/t25-/m0/s1. The van der Waals surface area contributed by atoms with Crippen molar-refractivity contribution < 1.29 is 32.0 Å². The molecule has 0 bridgehead atoms. The third kappa shape index (κ3) is 7.79. The van der Waals surface area contributed by atoms with E-state index in [1.807, 2.05) is 18.2 Å². The van der Waals surface area contributed by atoms with Crippen LogP contribution in [0.4, 0.5) is 5.69 Å². The number of carboxylic acid groups (broad SMARTS) is 1. The van der Waals surface area contributed by atoms with Crippen molar-refractivity contribution in [2.24, 2.45) is 0 Å². The molecular weight excluding hydrogens is 482 g/mol. The van der Waals surface area contributed by atoms with Crippen molar-refractivity contribution in [1.29, 1.82) is 0 Å². The fourth-order valence-corrected chi connectivity index (χ4v) is 3.90. The number of carboxylic acids is 1. The molecule has 0 radical (unpaired) electrons. The number of benzene rings is 3. The molecule has 1 N–H and O–H groups in total. The molecule has 0 fully saturated rings. The van der Waals surface area contributed by atoms with Crippen molar-refractivity contribution in [2.75, 3.05) is 24.8 Å². The van der Waals surface area contributed by atoms with Crippen LogP contribution in [-0.4, -0.2) is 51.4 Å². The first-order valence-electron chi connectivity index (χ1n) is 11.0. The molecule has 0 spiro atoms. The average molecular weight is 510 g/mol. The average Bonchev–Trinajstić information content (AvgIpc) is 2.86. The number of rotatable bonds is 11. The fourth-order valence-electron chi connectivity index (χ4n) is 3.44. The van der Waals surface area contributed by atoms with E-state index >= 15 is 0 Å². The number of hydrogen-bond acceptors (Lipinski definition) is 6. The highest BCUT2D eigenvalue weighted by molar-refractivity contribution is 7.86. The van der Waals surface area contributed by atoms with Crippen molar-refractivity contribution >= 4 is 33.8 Å². The van der Waals surface area contributed by atoms with E-state index in [9.17, 15) is 23.1 Å². The van der Waals surface area contributed by atoms with Gasteiger partial charge in [0, 0.05) is 31.3 Å². The van der Waals surface area contributed by atoms with Crippen LogP contribution < -0.4 is 9.08 Å². The zero-order valence-corrected chi connectivity index (χ0v) is 20.7. The quantitative estimate of drug-likeness (QED) is 0.389. The summed E-state index contributed by atoms with van der Waals surface area (Å²) in [6.45, 7) is 0.268. The van der Waals surface area contributed by atoms with Crippen LogP contribution in [0.5, 0.6) is 5.75 Å². The van der Waals surface area contributed by atoms with Gasteiger partial charge < -0.3 is 18.9 Å². The fraction of sp³-hybridized carbons (Fsp3) is 0.185. The van der Waals surface area contributed by atoms with E-state index in [0.29, 0.717) is 11.3 Å². The minimum atomic E-state index is -3.60. The van der Waals surface area contributed by atoms with E-state index in [1.165, 1.54) is 7.11 Å². The van der Waals surface area contributed by atoms with Gasteiger partial charge in [0.05, 0.1) is 6.26 Å². The van der Waals surface area contributed by atoms with Gasteiger partial charge in [0.1, 0.15) is 5.75 Å². The van der Waals surface area contributed by atoms with Crippen LogP contribution in [0.25, 0.3) is 6.08 Å². The second kappa shape index (κ2) is 12.1. The van der Waals surface area contributed by atoms with Gasteiger partial charge in [-0.15, -0.1) is 0 Å². The smallest absolute Gasteiger partial charge is 0.333 e. The molecule has 188 valence electrons. The van der Waals surface area contributed by atoms with Gasteiger partial charge in [-0.05, 0) is 47.5 Å². The first-order chi connectivity index (χ1) is 17.2. The van der Waals surface area contributed by atoms with E-state index < -0.39 is 22.2 Å². The molecule has 3 aromatic rings. The first-order valence-corrected chi connectivity index (χ1v) is 12.9. The van der Waals surface area contributed by atoms with Crippen LogP contribution in [-0.2, 0) is 26.1 Å². The van der Waals surface area contributed by atoms with Crippen molar-refractivity contribution in [1.82, 2.24) is 0 Å². The van der Waals surface area contributed by atoms with Gasteiger partial charge in [0.2, 0.25) is 0 Å². The van der Waals surface area contributed by atoms with Crippen LogP contribution in [0.1, 0.15) is 21.5 Å². The van der Waals surface area contributed by atoms with Crippen LogP contribution in [0.15, 0.2) is 84.9 Å². The molecule has 3 aromatic carbocycles. The molecule has 0 unspecified atom stereocenters. The Morgan fingerprint density at radius 2 is 1.61 bits per heavy atom. The molecule has 0 aliphatic carbocycles. The molecule has 0 aromatic heterocycles. The molecule has 0 aliphatic heterocycles. The Kier molecular flexibility index (Phi) is 8.99. The summed E-state index contributed by atoms with van der Waals surface area (Å²) in [6, 6.07) is 22.5. The van der Waals surface area contributed by atoms with Crippen LogP contribution in [0.2, 0.25) is 0 Å². The number of ether oxygens (including phenoxy) is 1.